The Kier molecular flexibility index (Phi) is 11.7. The van der Waals surface area contributed by atoms with Gasteiger partial charge in [0.1, 0.15) is 0 Å². The number of benzene rings is 2. The van der Waals surface area contributed by atoms with Crippen molar-refractivity contribution in [2.75, 3.05) is 33.4 Å². The second-order valence-electron chi connectivity index (χ2n) is 9.51. The number of rotatable bonds is 10. The van der Waals surface area contributed by atoms with Crippen LogP contribution in [-0.2, 0) is 27.3 Å². The third-order valence-electron chi connectivity index (χ3n) is 6.61. The fraction of sp³-hybridized carbons (Fsp3) is 0.429. The quantitative estimate of drug-likeness (QED) is 0.341. The Labute approximate surface area is 239 Å². The van der Waals surface area contributed by atoms with Gasteiger partial charge in [0, 0.05) is 49.5 Å². The summed E-state index contributed by atoms with van der Waals surface area (Å²) in [7, 11) is 1.62. The summed E-state index contributed by atoms with van der Waals surface area (Å²) in [4.78, 5) is 36.6. The van der Waals surface area contributed by atoms with Gasteiger partial charge >= 0.3 is 12.1 Å². The number of hydrogen-bond donors (Lipinski definition) is 2. The number of carboxylic acids is 1. The molecule has 0 saturated carbocycles. The molecule has 0 aliphatic carbocycles. The fourth-order valence-corrected chi connectivity index (χ4v) is 4.70. The van der Waals surface area contributed by atoms with Crippen LogP contribution < -0.4 is 10.9 Å². The molecule has 2 aromatic carbocycles. The Morgan fingerprint density at radius 1 is 1.15 bits per heavy atom. The van der Waals surface area contributed by atoms with E-state index in [0.29, 0.717) is 49.5 Å². The highest BCUT2D eigenvalue weighted by Crippen LogP contribution is 2.21. The number of likely N-dealkylation sites (tertiary alicyclic amines) is 1. The third kappa shape index (κ3) is 9.55. The first kappa shape index (κ1) is 32.0. The zero-order chi connectivity index (χ0) is 30.0. The first-order valence-corrected chi connectivity index (χ1v) is 13.4. The van der Waals surface area contributed by atoms with Gasteiger partial charge in [-0.15, -0.1) is 0 Å². The van der Waals surface area contributed by atoms with Gasteiger partial charge in [-0.05, 0) is 43.1 Å². The summed E-state index contributed by atoms with van der Waals surface area (Å²) in [5, 5.41) is 17.1. The zero-order valence-corrected chi connectivity index (χ0v) is 23.2. The molecule has 4 rings (SSSR count). The normalized spacial score (nSPS) is 15.4. The van der Waals surface area contributed by atoms with E-state index in [0.717, 1.165) is 36.0 Å². The van der Waals surface area contributed by atoms with Crippen LogP contribution >= 0.6 is 11.6 Å². The Morgan fingerprint density at radius 3 is 2.44 bits per heavy atom. The van der Waals surface area contributed by atoms with Crippen molar-refractivity contribution < 1.29 is 32.6 Å². The van der Waals surface area contributed by atoms with Crippen LogP contribution in [0.2, 0.25) is 5.02 Å². The topological polar surface area (TPSA) is 114 Å². The number of nitrogens with zero attached hydrogens (tertiary/aromatic N) is 3. The van der Waals surface area contributed by atoms with E-state index in [1.165, 1.54) is 0 Å². The number of fused-ring (bicyclic) bond motifs is 1. The lowest BCUT2D eigenvalue weighted by Gasteiger charge is -2.25. The molecule has 9 nitrogen and oxygen atoms in total. The maximum Gasteiger partial charge on any atom is 0.490 e. The molecule has 1 aliphatic rings. The average molecular weight is 597 g/mol. The number of ether oxygens (including phenoxy) is 1. The molecule has 0 bridgehead atoms. The Bertz CT molecular complexity index is 1380. The third-order valence-corrected chi connectivity index (χ3v) is 6.86. The van der Waals surface area contributed by atoms with Gasteiger partial charge in [0.25, 0.3) is 5.56 Å². The summed E-state index contributed by atoms with van der Waals surface area (Å²) in [6.07, 6.45) is -2.00. The summed E-state index contributed by atoms with van der Waals surface area (Å²) in [6.45, 7) is 3.14. The monoisotopic (exact) mass is 596 g/mol. The minimum Gasteiger partial charge on any atom is -0.475 e. The Hall–Kier alpha value is -3.48. The molecule has 0 spiro atoms. The van der Waals surface area contributed by atoms with E-state index >= 15 is 0 Å². The number of carbonyl (C=O) groups is 2. The molecule has 1 aliphatic heterocycles. The molecule has 2 heterocycles. The van der Waals surface area contributed by atoms with Crippen molar-refractivity contribution in [3.63, 3.8) is 0 Å². The highest BCUT2D eigenvalue weighted by atomic mass is 35.5. The van der Waals surface area contributed by atoms with Crippen molar-refractivity contribution in [3.8, 4) is 0 Å². The van der Waals surface area contributed by atoms with E-state index < -0.39 is 12.1 Å². The number of methoxy groups -OCH3 is 1. The van der Waals surface area contributed by atoms with E-state index in [1.807, 2.05) is 48.5 Å². The number of carboxylic acid groups (broad SMARTS) is 1. The predicted octanol–water partition coefficient (Wildman–Crippen LogP) is 3.89. The maximum atomic E-state index is 13.3. The second-order valence-corrected chi connectivity index (χ2v) is 9.95. The minimum atomic E-state index is -5.08. The molecule has 222 valence electrons. The number of alkyl halides is 3. The number of aromatic nitrogens is 2. The average Bonchev–Trinajstić information content (AvgIpc) is 3.38. The largest absolute Gasteiger partial charge is 0.490 e. The van der Waals surface area contributed by atoms with E-state index in [-0.39, 0.29) is 17.5 Å². The molecule has 1 aromatic heterocycles. The van der Waals surface area contributed by atoms with Crippen LogP contribution in [-0.4, -0.2) is 77.2 Å². The minimum absolute atomic E-state index is 0.0222. The number of halogens is 4. The number of carbonyl (C=O) groups excluding carboxylic acids is 1. The van der Waals surface area contributed by atoms with Gasteiger partial charge in [0.15, 0.2) is 0 Å². The van der Waals surface area contributed by atoms with E-state index in [2.05, 4.69) is 10.2 Å². The van der Waals surface area contributed by atoms with E-state index in [4.69, 9.17) is 31.3 Å². The molecule has 1 fully saturated rings. The molecule has 1 amide bonds. The predicted molar refractivity (Wildman–Crippen MR) is 148 cm³/mol. The van der Waals surface area contributed by atoms with Gasteiger partial charge in [-0.3, -0.25) is 14.5 Å². The molecule has 1 atom stereocenters. The van der Waals surface area contributed by atoms with Crippen LogP contribution in [0.3, 0.4) is 0 Å². The second kappa shape index (κ2) is 14.9. The number of aliphatic carboxylic acids is 1. The number of nitrogens with one attached hydrogen (secondary N) is 1. The van der Waals surface area contributed by atoms with Crippen LogP contribution in [0.5, 0.6) is 0 Å². The number of hydrogen-bond acceptors (Lipinski definition) is 6. The van der Waals surface area contributed by atoms with Crippen LogP contribution in [0, 0.1) is 0 Å². The summed E-state index contributed by atoms with van der Waals surface area (Å²) in [6, 6.07) is 15.6. The van der Waals surface area contributed by atoms with Crippen molar-refractivity contribution in [2.24, 2.45) is 0 Å². The van der Waals surface area contributed by atoms with Crippen molar-refractivity contribution >= 4 is 34.2 Å². The van der Waals surface area contributed by atoms with Crippen LogP contribution in [0.1, 0.15) is 30.5 Å². The van der Waals surface area contributed by atoms with E-state index in [9.17, 15) is 22.8 Å². The summed E-state index contributed by atoms with van der Waals surface area (Å²) in [5.41, 5.74) is 1.90. The van der Waals surface area contributed by atoms with Gasteiger partial charge < -0.3 is 15.2 Å². The van der Waals surface area contributed by atoms with Gasteiger partial charge in [0.05, 0.1) is 24.2 Å². The lowest BCUT2D eigenvalue weighted by Crippen LogP contribution is -2.39. The Balaban J connectivity index is 0.000000587. The summed E-state index contributed by atoms with van der Waals surface area (Å²) < 4.78 is 38.3. The SMILES string of the molecule is COCCNC(=O)CCN1CCCC1Cn1nc(Cc2ccc(Cl)cc2)c2ccccc2c1=O.O=C(O)C(F)(F)F. The highest BCUT2D eigenvalue weighted by molar-refractivity contribution is 6.30. The van der Waals surface area contributed by atoms with Gasteiger partial charge in [-0.25, -0.2) is 9.48 Å². The fourth-order valence-electron chi connectivity index (χ4n) is 4.58. The standard InChI is InChI=1S/C26H31ClN4O3.C2HF3O2/c1-34-16-13-28-25(32)12-15-30-14-4-5-21(30)18-31-26(33)23-7-3-2-6-22(23)24(29-31)17-19-8-10-20(27)11-9-19;3-2(4,5)1(6)7/h2-3,6-11,21H,4-5,12-18H2,1H3,(H,28,32);(H,6,7). The first-order chi connectivity index (χ1) is 19.5. The maximum absolute atomic E-state index is 13.3. The van der Waals surface area contributed by atoms with Crippen LogP contribution in [0.25, 0.3) is 10.8 Å². The Morgan fingerprint density at radius 2 is 1.80 bits per heavy atom. The molecule has 1 saturated heterocycles. The van der Waals surface area contributed by atoms with Gasteiger partial charge in [-0.1, -0.05) is 41.9 Å². The van der Waals surface area contributed by atoms with Crippen molar-refractivity contribution in [1.82, 2.24) is 20.0 Å². The first-order valence-electron chi connectivity index (χ1n) is 13.0. The smallest absolute Gasteiger partial charge is 0.475 e. The lowest BCUT2D eigenvalue weighted by molar-refractivity contribution is -0.192. The van der Waals surface area contributed by atoms with Gasteiger partial charge in [0.2, 0.25) is 5.91 Å². The highest BCUT2D eigenvalue weighted by Gasteiger charge is 2.38. The van der Waals surface area contributed by atoms with Gasteiger partial charge in [-0.2, -0.15) is 18.3 Å². The molecular formula is C28H32ClF3N4O5. The zero-order valence-electron chi connectivity index (χ0n) is 22.5. The molecule has 13 heteroatoms. The lowest BCUT2D eigenvalue weighted by atomic mass is 10.0. The van der Waals surface area contributed by atoms with Crippen LogP contribution in [0.4, 0.5) is 13.2 Å². The molecule has 1 unspecified atom stereocenters. The van der Waals surface area contributed by atoms with Crippen LogP contribution in [0.15, 0.2) is 53.3 Å². The molecular weight excluding hydrogens is 565 g/mol. The molecule has 0 radical (unpaired) electrons. The van der Waals surface area contributed by atoms with Crippen molar-refractivity contribution in [1.29, 1.82) is 0 Å². The molecule has 3 aromatic rings. The molecule has 41 heavy (non-hydrogen) atoms. The summed E-state index contributed by atoms with van der Waals surface area (Å²) in [5.74, 6) is -2.73. The van der Waals surface area contributed by atoms with E-state index in [1.54, 1.807) is 11.8 Å². The summed E-state index contributed by atoms with van der Waals surface area (Å²) >= 11 is 6.05. The molecule has 2 N–H and O–H groups in total. The van der Waals surface area contributed by atoms with Crippen molar-refractivity contribution in [2.45, 2.75) is 44.4 Å². The number of amides is 1. The van der Waals surface area contributed by atoms with Crippen molar-refractivity contribution in [3.05, 3.63) is 75.2 Å².